The number of rotatable bonds is 30. The number of unbranched alkanes of at least 4 members (excludes halogenated alkanes) is 1. The molecule has 26 nitrogen and oxygen atoms in total. The van der Waals surface area contributed by atoms with Crippen molar-refractivity contribution >= 4 is 65.1 Å². The highest BCUT2D eigenvalue weighted by Gasteiger charge is 2.40. The molecule has 17 N–H and O–H groups in total. The van der Waals surface area contributed by atoms with E-state index in [1.54, 1.807) is 13.8 Å². The van der Waals surface area contributed by atoms with Gasteiger partial charge < -0.3 is 79.7 Å². The number of carbonyl (C=O) groups is 11. The number of aliphatic carboxylic acids is 2. The molecule has 9 amide bonds. The number of amides is 9. The molecule has 0 radical (unpaired) electrons. The normalized spacial score (nSPS) is 17.5. The maximum absolute atomic E-state index is 13.7. The summed E-state index contributed by atoms with van der Waals surface area (Å²) in [5.74, 6) is -11.3. The third-order valence-electron chi connectivity index (χ3n) is 10.6. The number of nitrogens with zero attached hydrogens (tertiary/aromatic N) is 1. The van der Waals surface area contributed by atoms with Crippen LogP contribution in [0.3, 0.4) is 0 Å². The van der Waals surface area contributed by atoms with Crippen LogP contribution in [0, 0.1) is 5.92 Å². The molecule has 65 heavy (non-hydrogen) atoms. The molecule has 1 heterocycles. The minimum atomic E-state index is -1.75. The van der Waals surface area contributed by atoms with Crippen molar-refractivity contribution in [3.05, 3.63) is 0 Å². The summed E-state index contributed by atoms with van der Waals surface area (Å²) >= 11 is 0. The first-order valence-corrected chi connectivity index (χ1v) is 21.4. The second-order valence-electron chi connectivity index (χ2n) is 15.8. The second kappa shape index (κ2) is 28.7. The van der Waals surface area contributed by atoms with Gasteiger partial charge in [-0.25, -0.2) is 4.79 Å². The van der Waals surface area contributed by atoms with E-state index in [1.807, 2.05) is 5.32 Å². The van der Waals surface area contributed by atoms with E-state index in [0.717, 1.165) is 0 Å². The summed E-state index contributed by atoms with van der Waals surface area (Å²) in [5, 5.41) is 54.6. The number of carboxylic acids is 2. The van der Waals surface area contributed by atoms with Gasteiger partial charge in [0.2, 0.25) is 53.2 Å². The van der Waals surface area contributed by atoms with Crippen molar-refractivity contribution in [2.75, 3.05) is 26.3 Å². The molecule has 10 atom stereocenters. The molecule has 0 aromatic heterocycles. The smallest absolute Gasteiger partial charge is 0.326 e. The summed E-state index contributed by atoms with van der Waals surface area (Å²) in [5.41, 5.74) is 16.5. The van der Waals surface area contributed by atoms with E-state index >= 15 is 0 Å². The average molecular weight is 930 g/mol. The third kappa shape index (κ3) is 19.3. The fraction of sp³-hybridized carbons (Fsp3) is 0.718. The molecule has 26 heteroatoms. The van der Waals surface area contributed by atoms with Gasteiger partial charge in [0.25, 0.3) is 0 Å². The van der Waals surface area contributed by atoms with Crippen LogP contribution in [0.15, 0.2) is 0 Å². The fourth-order valence-corrected chi connectivity index (χ4v) is 6.46. The van der Waals surface area contributed by atoms with Gasteiger partial charge in [0.15, 0.2) is 0 Å². The number of primary amides is 1. The molecular formula is C39H67N11O15. The Morgan fingerprint density at radius 2 is 1.17 bits per heavy atom. The van der Waals surface area contributed by atoms with E-state index in [-0.39, 0.29) is 38.8 Å². The van der Waals surface area contributed by atoms with Crippen molar-refractivity contribution in [3.63, 3.8) is 0 Å². The van der Waals surface area contributed by atoms with E-state index in [9.17, 15) is 68.1 Å². The zero-order chi connectivity index (χ0) is 49.6. The van der Waals surface area contributed by atoms with Crippen LogP contribution in [0.5, 0.6) is 0 Å². The van der Waals surface area contributed by atoms with Gasteiger partial charge in [0.1, 0.15) is 48.3 Å². The molecule has 0 saturated carbocycles. The minimum absolute atomic E-state index is 0.0878. The van der Waals surface area contributed by atoms with E-state index < -0.39 is 158 Å². The molecule has 1 saturated heterocycles. The Balaban J connectivity index is 3.21. The van der Waals surface area contributed by atoms with Crippen LogP contribution in [-0.2, 0) is 52.7 Å². The molecule has 0 aliphatic carbocycles. The summed E-state index contributed by atoms with van der Waals surface area (Å²) < 4.78 is 0. The van der Waals surface area contributed by atoms with E-state index in [4.69, 9.17) is 22.3 Å². The second-order valence-corrected chi connectivity index (χ2v) is 15.8. The van der Waals surface area contributed by atoms with Gasteiger partial charge in [-0.1, -0.05) is 20.3 Å². The number of aliphatic hydroxyl groups is 2. The highest BCUT2D eigenvalue weighted by Crippen LogP contribution is 2.20. The standard InChI is InChI=1S/C39H67N11O15/c1-5-19(2)30(49-36(61)27-10-8-16-50(27)38(63)26(18-52)48-31(56)20(3)41)37(62)43-21(4)32(57)44-23(11-13-28(42)53)34(59)45-22(9-6-7-15-40)33(58)47-25(17-51)35(60)46-24(39(64)65)12-14-29(54)55/h19-27,30,51-52H,5-18,40-41H2,1-4H3,(H2,42,53)(H,43,62)(H,44,57)(H,45,59)(H,46,60)(H,47,58)(H,48,56)(H,49,61)(H,54,55)(H,64,65)/t19-,20-,21-,22-,23-,24-,25-,26-,27-,30-/m0/s1. The highest BCUT2D eigenvalue weighted by molar-refractivity contribution is 5.98. The zero-order valence-corrected chi connectivity index (χ0v) is 37.1. The Bertz CT molecular complexity index is 1700. The molecule has 0 unspecified atom stereocenters. The summed E-state index contributed by atoms with van der Waals surface area (Å²) in [6.45, 7) is 4.58. The van der Waals surface area contributed by atoms with Crippen molar-refractivity contribution in [3.8, 4) is 0 Å². The lowest BCUT2D eigenvalue weighted by Crippen LogP contribution is -2.61. The fourth-order valence-electron chi connectivity index (χ4n) is 6.46. The summed E-state index contributed by atoms with van der Waals surface area (Å²) in [6, 6.07) is -12.5. The number of nitrogens with one attached hydrogen (secondary N) is 7. The van der Waals surface area contributed by atoms with E-state index in [1.165, 1.54) is 18.7 Å². The number of nitrogens with two attached hydrogens (primary N) is 3. The zero-order valence-electron chi connectivity index (χ0n) is 37.1. The number of carboxylic acid groups (broad SMARTS) is 2. The first kappa shape index (κ1) is 57.0. The lowest BCUT2D eigenvalue weighted by Gasteiger charge is -2.31. The summed E-state index contributed by atoms with van der Waals surface area (Å²) in [7, 11) is 0. The maximum atomic E-state index is 13.7. The van der Waals surface area contributed by atoms with Crippen LogP contribution in [0.25, 0.3) is 0 Å². The van der Waals surface area contributed by atoms with Gasteiger partial charge in [-0.2, -0.15) is 0 Å². The number of hydrogen-bond acceptors (Lipinski definition) is 15. The van der Waals surface area contributed by atoms with Crippen LogP contribution in [-0.4, -0.2) is 171 Å². The summed E-state index contributed by atoms with van der Waals surface area (Å²) in [6.07, 6.45) is -0.419. The number of aliphatic hydroxyl groups excluding tert-OH is 2. The van der Waals surface area contributed by atoms with Crippen molar-refractivity contribution in [2.45, 2.75) is 146 Å². The predicted molar refractivity (Wildman–Crippen MR) is 227 cm³/mol. The van der Waals surface area contributed by atoms with Gasteiger partial charge >= 0.3 is 11.9 Å². The molecule has 0 aromatic carbocycles. The van der Waals surface area contributed by atoms with Gasteiger partial charge in [-0.15, -0.1) is 0 Å². The minimum Gasteiger partial charge on any atom is -0.481 e. The lowest BCUT2D eigenvalue weighted by molar-refractivity contribution is -0.144. The molecule has 368 valence electrons. The van der Waals surface area contributed by atoms with Gasteiger partial charge in [-0.3, -0.25) is 47.9 Å². The Morgan fingerprint density at radius 3 is 1.69 bits per heavy atom. The molecule has 1 fully saturated rings. The number of carbonyl (C=O) groups excluding carboxylic acids is 9. The van der Waals surface area contributed by atoms with Crippen LogP contribution >= 0.6 is 0 Å². The van der Waals surface area contributed by atoms with Gasteiger partial charge in [0, 0.05) is 19.4 Å². The lowest BCUT2D eigenvalue weighted by atomic mass is 9.97. The van der Waals surface area contributed by atoms with Gasteiger partial charge in [0.05, 0.1) is 19.3 Å². The quantitative estimate of drug-likeness (QED) is 0.0298. The molecule has 0 bridgehead atoms. The molecule has 0 spiro atoms. The highest BCUT2D eigenvalue weighted by atomic mass is 16.4. The van der Waals surface area contributed by atoms with E-state index in [2.05, 4.69) is 31.9 Å². The van der Waals surface area contributed by atoms with Crippen molar-refractivity contribution in [1.82, 2.24) is 42.1 Å². The largest absolute Gasteiger partial charge is 0.481 e. The Hall–Kier alpha value is -5.99. The van der Waals surface area contributed by atoms with Gasteiger partial charge in [-0.05, 0) is 71.3 Å². The van der Waals surface area contributed by atoms with Crippen LogP contribution in [0.2, 0.25) is 0 Å². The van der Waals surface area contributed by atoms with Crippen LogP contribution in [0.4, 0.5) is 0 Å². The maximum Gasteiger partial charge on any atom is 0.326 e. The monoisotopic (exact) mass is 929 g/mol. The first-order valence-electron chi connectivity index (χ1n) is 21.4. The molecular weight excluding hydrogens is 862 g/mol. The summed E-state index contributed by atoms with van der Waals surface area (Å²) in [4.78, 5) is 142. The Labute approximate surface area is 375 Å². The molecule has 0 aromatic rings. The van der Waals surface area contributed by atoms with E-state index in [0.29, 0.717) is 19.3 Å². The third-order valence-corrected chi connectivity index (χ3v) is 10.6. The molecule has 1 aliphatic rings. The van der Waals surface area contributed by atoms with Crippen LogP contribution in [0.1, 0.15) is 91.9 Å². The van der Waals surface area contributed by atoms with Crippen molar-refractivity contribution in [2.24, 2.45) is 23.1 Å². The Kier molecular flexibility index (Phi) is 25.2. The first-order chi connectivity index (χ1) is 30.5. The average Bonchev–Trinajstić information content (AvgIpc) is 3.75. The Morgan fingerprint density at radius 1 is 0.646 bits per heavy atom. The molecule has 1 aliphatic heterocycles. The predicted octanol–water partition coefficient (Wildman–Crippen LogP) is -5.89. The molecule has 1 rings (SSSR count). The number of likely N-dealkylation sites (tertiary alicyclic amines) is 1. The topological polar surface area (TPSA) is 434 Å². The van der Waals surface area contributed by atoms with Crippen molar-refractivity contribution < 1.29 is 73.2 Å². The number of hydrogen-bond donors (Lipinski definition) is 14. The SMILES string of the molecule is CC[C@H](C)[C@H](NC(=O)[C@@H]1CCCN1C(=O)[C@H](CO)NC(=O)[C@H](C)N)C(=O)N[C@@H](C)C(=O)N[C@@H](CCC(N)=O)C(=O)N[C@@H](CCCCN)C(=O)N[C@@H](CO)C(=O)N[C@@H](CCC(=O)O)C(=O)O. The van der Waals surface area contributed by atoms with Crippen LogP contribution < -0.4 is 54.4 Å². The van der Waals surface area contributed by atoms with Crippen molar-refractivity contribution in [1.29, 1.82) is 0 Å².